The Bertz CT molecular complexity index is 616. The highest BCUT2D eigenvalue weighted by molar-refractivity contribution is 6.33. The number of nitrogen functional groups attached to an aromatic ring is 1. The van der Waals surface area contributed by atoms with Crippen molar-refractivity contribution in [1.82, 2.24) is 10.2 Å². The third-order valence-corrected chi connectivity index (χ3v) is 4.39. The number of benzene rings is 1. The molecule has 1 amide bonds. The molecule has 0 aromatic heterocycles. The Morgan fingerprint density at radius 1 is 1.33 bits per heavy atom. The van der Waals surface area contributed by atoms with Gasteiger partial charge in [0.1, 0.15) is 5.75 Å². The van der Waals surface area contributed by atoms with Gasteiger partial charge in [-0.3, -0.25) is 14.5 Å². The lowest BCUT2D eigenvalue weighted by atomic mass is 10.0. The van der Waals surface area contributed by atoms with Gasteiger partial charge in [-0.15, -0.1) is 0 Å². The van der Waals surface area contributed by atoms with Crippen molar-refractivity contribution in [1.29, 1.82) is 0 Å². The predicted octanol–water partition coefficient (Wildman–Crippen LogP) is 1.30. The van der Waals surface area contributed by atoms with E-state index in [4.69, 9.17) is 22.1 Å². The van der Waals surface area contributed by atoms with Crippen molar-refractivity contribution < 1.29 is 19.1 Å². The zero-order valence-electron chi connectivity index (χ0n) is 13.8. The zero-order chi connectivity index (χ0) is 17.7. The summed E-state index contributed by atoms with van der Waals surface area (Å²) in [7, 11) is 2.85. The van der Waals surface area contributed by atoms with Gasteiger partial charge >= 0.3 is 5.97 Å². The second kappa shape index (κ2) is 8.21. The second-order valence-corrected chi connectivity index (χ2v) is 6.08. The summed E-state index contributed by atoms with van der Waals surface area (Å²) >= 11 is 6.00. The minimum absolute atomic E-state index is 0.0347. The Kier molecular flexibility index (Phi) is 6.28. The van der Waals surface area contributed by atoms with E-state index in [-0.39, 0.29) is 24.5 Å². The molecule has 0 bridgehead atoms. The molecule has 0 aliphatic carbocycles. The van der Waals surface area contributed by atoms with Gasteiger partial charge < -0.3 is 20.5 Å². The second-order valence-electron chi connectivity index (χ2n) is 5.67. The Morgan fingerprint density at radius 3 is 2.58 bits per heavy atom. The van der Waals surface area contributed by atoms with Crippen molar-refractivity contribution >= 4 is 29.2 Å². The highest BCUT2D eigenvalue weighted by Gasteiger charge is 2.24. The molecule has 0 radical (unpaired) electrons. The number of ether oxygens (including phenoxy) is 2. The smallest absolute Gasteiger partial charge is 0.319 e. The molecule has 0 saturated carbocycles. The number of anilines is 1. The highest BCUT2D eigenvalue weighted by atomic mass is 35.5. The third-order valence-electron chi connectivity index (χ3n) is 4.07. The predicted molar refractivity (Wildman–Crippen MR) is 91.4 cm³/mol. The summed E-state index contributed by atoms with van der Waals surface area (Å²) in [6.45, 7) is 1.72. The summed E-state index contributed by atoms with van der Waals surface area (Å²) in [6.07, 6.45) is 1.52. The molecule has 2 rings (SSSR count). The fourth-order valence-corrected chi connectivity index (χ4v) is 2.82. The monoisotopic (exact) mass is 355 g/mol. The topological polar surface area (TPSA) is 93.9 Å². The van der Waals surface area contributed by atoms with E-state index >= 15 is 0 Å². The number of likely N-dealkylation sites (tertiary alicyclic amines) is 1. The summed E-state index contributed by atoms with van der Waals surface area (Å²) in [6, 6.07) is 3.08. The molecule has 3 N–H and O–H groups in total. The van der Waals surface area contributed by atoms with Crippen LogP contribution in [0.2, 0.25) is 5.02 Å². The van der Waals surface area contributed by atoms with Gasteiger partial charge in [0.2, 0.25) is 0 Å². The molecule has 1 aliphatic heterocycles. The summed E-state index contributed by atoms with van der Waals surface area (Å²) in [5.41, 5.74) is 6.45. The van der Waals surface area contributed by atoms with E-state index in [2.05, 4.69) is 10.1 Å². The van der Waals surface area contributed by atoms with Gasteiger partial charge in [-0.2, -0.15) is 0 Å². The van der Waals surface area contributed by atoms with Crippen molar-refractivity contribution in [3.05, 3.63) is 22.7 Å². The number of hydrogen-bond donors (Lipinski definition) is 2. The number of nitrogens with two attached hydrogens (primary N) is 1. The van der Waals surface area contributed by atoms with Gasteiger partial charge in [0.25, 0.3) is 5.91 Å². The number of rotatable bonds is 5. The first kappa shape index (κ1) is 18.4. The van der Waals surface area contributed by atoms with Crippen LogP contribution in [0, 0.1) is 0 Å². The van der Waals surface area contributed by atoms with E-state index < -0.39 is 0 Å². The lowest BCUT2D eigenvalue weighted by Crippen LogP contribution is -2.46. The van der Waals surface area contributed by atoms with E-state index in [1.54, 1.807) is 0 Å². The van der Waals surface area contributed by atoms with Gasteiger partial charge in [0.15, 0.2) is 0 Å². The van der Waals surface area contributed by atoms with Crippen molar-refractivity contribution in [3.8, 4) is 5.75 Å². The minimum Gasteiger partial charge on any atom is -0.496 e. The van der Waals surface area contributed by atoms with E-state index in [0.717, 1.165) is 25.9 Å². The van der Waals surface area contributed by atoms with Gasteiger partial charge in [-0.05, 0) is 18.9 Å². The third kappa shape index (κ3) is 4.52. The summed E-state index contributed by atoms with van der Waals surface area (Å²) < 4.78 is 9.87. The minimum atomic E-state index is -0.251. The first-order chi connectivity index (χ1) is 11.4. The molecule has 1 heterocycles. The molecule has 1 aromatic rings. The van der Waals surface area contributed by atoms with Crippen LogP contribution >= 0.6 is 11.6 Å². The number of methoxy groups -OCH3 is 2. The summed E-state index contributed by atoms with van der Waals surface area (Å²) in [5, 5.41) is 3.30. The molecule has 0 spiro atoms. The molecular formula is C16H22ClN3O4. The first-order valence-electron chi connectivity index (χ1n) is 7.67. The van der Waals surface area contributed by atoms with Crippen molar-refractivity contribution in [2.24, 2.45) is 0 Å². The maximum Gasteiger partial charge on any atom is 0.319 e. The van der Waals surface area contributed by atoms with Crippen LogP contribution in [-0.4, -0.2) is 56.7 Å². The van der Waals surface area contributed by atoms with Gasteiger partial charge in [-0.1, -0.05) is 11.6 Å². The molecule has 7 nitrogen and oxygen atoms in total. The molecule has 132 valence electrons. The SMILES string of the molecule is COC(=O)CN1CCC(NC(=O)c2cc(Cl)c(N)cc2OC)CC1. The number of nitrogens with zero attached hydrogens (tertiary/aromatic N) is 1. The fourth-order valence-electron chi connectivity index (χ4n) is 2.66. The number of carbonyl (C=O) groups excluding carboxylic acids is 2. The van der Waals surface area contributed by atoms with E-state index in [0.29, 0.717) is 22.0 Å². The number of carbonyl (C=O) groups is 2. The average Bonchev–Trinajstić information content (AvgIpc) is 2.58. The number of hydrogen-bond acceptors (Lipinski definition) is 6. The Balaban J connectivity index is 1.94. The Hall–Kier alpha value is -1.99. The standard InChI is InChI=1S/C16H22ClN3O4/c1-23-14-8-13(18)12(17)7-11(14)16(22)19-10-3-5-20(6-4-10)9-15(21)24-2/h7-8,10H,3-6,9,18H2,1-2H3,(H,19,22). The van der Waals surface area contributed by atoms with Crippen molar-refractivity contribution in [3.63, 3.8) is 0 Å². The van der Waals surface area contributed by atoms with Crippen LogP contribution in [0.4, 0.5) is 5.69 Å². The molecule has 0 atom stereocenters. The first-order valence-corrected chi connectivity index (χ1v) is 8.05. The van der Waals surface area contributed by atoms with Crippen LogP contribution in [0.3, 0.4) is 0 Å². The molecule has 1 saturated heterocycles. The van der Waals surface area contributed by atoms with Crippen LogP contribution in [0.5, 0.6) is 5.75 Å². The summed E-state index contributed by atoms with van der Waals surface area (Å²) in [4.78, 5) is 25.8. The number of halogens is 1. The Morgan fingerprint density at radius 2 is 2.00 bits per heavy atom. The molecule has 0 unspecified atom stereocenters. The summed E-state index contributed by atoms with van der Waals surface area (Å²) in [5.74, 6) is -0.114. The molecule has 1 aliphatic rings. The maximum absolute atomic E-state index is 12.5. The maximum atomic E-state index is 12.5. The van der Waals surface area contributed by atoms with Crippen LogP contribution in [-0.2, 0) is 9.53 Å². The van der Waals surface area contributed by atoms with Crippen LogP contribution in [0.15, 0.2) is 12.1 Å². The molecule has 1 aromatic carbocycles. The van der Waals surface area contributed by atoms with Crippen molar-refractivity contribution in [2.45, 2.75) is 18.9 Å². The molecule has 24 heavy (non-hydrogen) atoms. The molecular weight excluding hydrogens is 334 g/mol. The lowest BCUT2D eigenvalue weighted by Gasteiger charge is -2.31. The number of esters is 1. The lowest BCUT2D eigenvalue weighted by molar-refractivity contribution is -0.142. The molecule has 1 fully saturated rings. The van der Waals surface area contributed by atoms with E-state index in [1.165, 1.54) is 26.4 Å². The van der Waals surface area contributed by atoms with Gasteiger partial charge in [-0.25, -0.2) is 0 Å². The van der Waals surface area contributed by atoms with Crippen LogP contribution < -0.4 is 15.8 Å². The number of piperidine rings is 1. The quantitative estimate of drug-likeness (QED) is 0.610. The average molecular weight is 356 g/mol. The Labute approximate surface area is 146 Å². The van der Waals surface area contributed by atoms with Gasteiger partial charge in [0, 0.05) is 25.2 Å². The fraction of sp³-hybridized carbons (Fsp3) is 0.500. The van der Waals surface area contributed by atoms with Crippen molar-refractivity contribution in [2.75, 3.05) is 39.6 Å². The van der Waals surface area contributed by atoms with Gasteiger partial charge in [0.05, 0.1) is 37.0 Å². The number of amides is 1. The number of nitrogens with one attached hydrogen (secondary N) is 1. The van der Waals surface area contributed by atoms with E-state index in [9.17, 15) is 9.59 Å². The zero-order valence-corrected chi connectivity index (χ0v) is 14.6. The molecule has 8 heteroatoms. The van der Waals surface area contributed by atoms with Crippen LogP contribution in [0.25, 0.3) is 0 Å². The highest BCUT2D eigenvalue weighted by Crippen LogP contribution is 2.29. The largest absolute Gasteiger partial charge is 0.496 e. The van der Waals surface area contributed by atoms with Crippen LogP contribution in [0.1, 0.15) is 23.2 Å². The van der Waals surface area contributed by atoms with E-state index in [1.807, 2.05) is 4.90 Å². The normalized spacial score (nSPS) is 15.8.